The van der Waals surface area contributed by atoms with Gasteiger partial charge in [-0.1, -0.05) is 33.6 Å². The minimum absolute atomic E-state index is 0.687. The van der Waals surface area contributed by atoms with Crippen LogP contribution in [-0.2, 0) is 25.9 Å². The predicted molar refractivity (Wildman–Crippen MR) is 75.7 cm³/mol. The molecule has 1 aromatic rings. The Bertz CT molecular complexity index is 379. The van der Waals surface area contributed by atoms with Crippen LogP contribution in [0.5, 0.6) is 0 Å². The van der Waals surface area contributed by atoms with Crippen LogP contribution in [0.1, 0.15) is 57.2 Å². The van der Waals surface area contributed by atoms with Crippen LogP contribution in [0.15, 0.2) is 0 Å². The van der Waals surface area contributed by atoms with E-state index in [2.05, 4.69) is 30.7 Å². The van der Waals surface area contributed by atoms with Crippen molar-refractivity contribution in [2.45, 2.75) is 66.0 Å². The zero-order chi connectivity index (χ0) is 13.0. The van der Waals surface area contributed by atoms with Gasteiger partial charge in [-0.3, -0.25) is 0 Å². The molecular formula is C15H27N3. The van der Waals surface area contributed by atoms with Crippen molar-refractivity contribution in [3.63, 3.8) is 0 Å². The van der Waals surface area contributed by atoms with E-state index in [1.54, 1.807) is 0 Å². The van der Waals surface area contributed by atoms with Gasteiger partial charge < -0.3 is 9.88 Å². The highest BCUT2D eigenvalue weighted by Gasteiger charge is 2.19. The highest BCUT2D eigenvalue weighted by atomic mass is 15.1. The van der Waals surface area contributed by atoms with E-state index >= 15 is 0 Å². The Kier molecular flexibility index (Phi) is 4.81. The average Bonchev–Trinajstić information content (AvgIpc) is 2.67. The van der Waals surface area contributed by atoms with Crippen LogP contribution in [0, 0.1) is 5.92 Å². The van der Waals surface area contributed by atoms with E-state index in [0.717, 1.165) is 32.5 Å². The summed E-state index contributed by atoms with van der Waals surface area (Å²) in [4.78, 5) is 4.87. The van der Waals surface area contributed by atoms with Gasteiger partial charge in [-0.2, -0.15) is 0 Å². The summed E-state index contributed by atoms with van der Waals surface area (Å²) in [6, 6.07) is 0. The maximum absolute atomic E-state index is 4.87. The van der Waals surface area contributed by atoms with Crippen molar-refractivity contribution in [1.29, 1.82) is 0 Å². The van der Waals surface area contributed by atoms with Gasteiger partial charge in [0.1, 0.15) is 5.82 Å². The largest absolute Gasteiger partial charge is 0.332 e. The smallest absolute Gasteiger partial charge is 0.109 e. The van der Waals surface area contributed by atoms with Crippen LogP contribution in [0.4, 0.5) is 0 Å². The summed E-state index contributed by atoms with van der Waals surface area (Å²) in [5.74, 6) is 2.00. The fraction of sp³-hybridized carbons (Fsp3) is 0.800. The van der Waals surface area contributed by atoms with Crippen molar-refractivity contribution in [3.05, 3.63) is 17.2 Å². The number of hydrogen-bond donors (Lipinski definition) is 1. The lowest BCUT2D eigenvalue weighted by Gasteiger charge is -2.16. The summed E-state index contributed by atoms with van der Waals surface area (Å²) in [5.41, 5.74) is 2.80. The van der Waals surface area contributed by atoms with Gasteiger partial charge in [0.05, 0.1) is 5.69 Å². The third-order valence-electron chi connectivity index (χ3n) is 3.64. The van der Waals surface area contributed by atoms with Gasteiger partial charge in [0.15, 0.2) is 0 Å². The SMILES string of the molecule is CCCCCn1c(CC(C)C)nc2c1CCNC2. The highest BCUT2D eigenvalue weighted by molar-refractivity contribution is 5.20. The molecule has 3 heteroatoms. The minimum Gasteiger partial charge on any atom is -0.332 e. The van der Waals surface area contributed by atoms with Crippen LogP contribution in [0.25, 0.3) is 0 Å². The van der Waals surface area contributed by atoms with Gasteiger partial charge in [-0.15, -0.1) is 0 Å². The van der Waals surface area contributed by atoms with Crippen LogP contribution < -0.4 is 5.32 Å². The van der Waals surface area contributed by atoms with E-state index in [1.807, 2.05) is 0 Å². The van der Waals surface area contributed by atoms with Crippen molar-refractivity contribution in [1.82, 2.24) is 14.9 Å². The Balaban J connectivity index is 2.18. The standard InChI is InChI=1S/C15H27N3/c1-4-5-6-9-18-14-7-8-16-11-13(14)17-15(18)10-12(2)3/h12,16H,4-11H2,1-3H3. The van der Waals surface area contributed by atoms with Crippen molar-refractivity contribution in [2.24, 2.45) is 5.92 Å². The zero-order valence-electron chi connectivity index (χ0n) is 12.1. The van der Waals surface area contributed by atoms with Crippen LogP contribution in [0.2, 0.25) is 0 Å². The molecule has 1 aliphatic heterocycles. The molecule has 0 fully saturated rings. The zero-order valence-corrected chi connectivity index (χ0v) is 12.1. The van der Waals surface area contributed by atoms with E-state index in [9.17, 15) is 0 Å². The van der Waals surface area contributed by atoms with Gasteiger partial charge >= 0.3 is 0 Å². The molecule has 2 heterocycles. The first kappa shape index (κ1) is 13.6. The monoisotopic (exact) mass is 249 g/mol. The fourth-order valence-corrected chi connectivity index (χ4v) is 2.73. The molecule has 0 atom stereocenters. The number of nitrogens with zero attached hydrogens (tertiary/aromatic N) is 2. The van der Waals surface area contributed by atoms with Gasteiger partial charge in [-0.25, -0.2) is 4.98 Å². The Hall–Kier alpha value is -0.830. The third-order valence-corrected chi connectivity index (χ3v) is 3.64. The van der Waals surface area contributed by atoms with E-state index in [-0.39, 0.29) is 0 Å². The molecule has 0 saturated carbocycles. The summed E-state index contributed by atoms with van der Waals surface area (Å²) in [6.07, 6.45) is 6.16. The van der Waals surface area contributed by atoms with Crippen molar-refractivity contribution in [2.75, 3.05) is 6.54 Å². The summed E-state index contributed by atoms with van der Waals surface area (Å²) < 4.78 is 2.52. The maximum Gasteiger partial charge on any atom is 0.109 e. The van der Waals surface area contributed by atoms with Crippen LogP contribution in [-0.4, -0.2) is 16.1 Å². The number of rotatable bonds is 6. The molecule has 0 unspecified atom stereocenters. The summed E-state index contributed by atoms with van der Waals surface area (Å²) in [7, 11) is 0. The van der Waals surface area contributed by atoms with Gasteiger partial charge in [0.2, 0.25) is 0 Å². The Morgan fingerprint density at radius 3 is 2.89 bits per heavy atom. The first-order valence-corrected chi connectivity index (χ1v) is 7.50. The number of imidazole rings is 1. The molecule has 2 rings (SSSR count). The summed E-state index contributed by atoms with van der Waals surface area (Å²) in [5, 5.41) is 3.43. The third kappa shape index (κ3) is 3.14. The lowest BCUT2D eigenvalue weighted by Crippen LogP contribution is -2.25. The molecule has 0 aliphatic carbocycles. The van der Waals surface area contributed by atoms with Crippen molar-refractivity contribution >= 4 is 0 Å². The molecule has 1 aromatic heterocycles. The number of fused-ring (bicyclic) bond motifs is 1. The molecule has 102 valence electrons. The Morgan fingerprint density at radius 2 is 2.17 bits per heavy atom. The molecule has 1 N–H and O–H groups in total. The second-order valence-electron chi connectivity index (χ2n) is 5.80. The van der Waals surface area contributed by atoms with Gasteiger partial charge in [0, 0.05) is 38.2 Å². The quantitative estimate of drug-likeness (QED) is 0.786. The topological polar surface area (TPSA) is 29.9 Å². The molecule has 0 aromatic carbocycles. The molecule has 1 aliphatic rings. The highest BCUT2D eigenvalue weighted by Crippen LogP contribution is 2.19. The molecule has 0 saturated heterocycles. The molecule has 18 heavy (non-hydrogen) atoms. The average molecular weight is 249 g/mol. The number of unbranched alkanes of at least 4 members (excludes halogenated alkanes) is 2. The van der Waals surface area contributed by atoms with E-state index in [0.29, 0.717) is 5.92 Å². The number of hydrogen-bond acceptors (Lipinski definition) is 2. The molecule has 0 spiro atoms. The molecule has 0 amide bonds. The van der Waals surface area contributed by atoms with Gasteiger partial charge in [-0.05, 0) is 12.3 Å². The summed E-state index contributed by atoms with van der Waals surface area (Å²) in [6.45, 7) is 10.1. The van der Waals surface area contributed by atoms with E-state index in [4.69, 9.17) is 4.98 Å². The minimum atomic E-state index is 0.687. The van der Waals surface area contributed by atoms with Crippen LogP contribution in [0.3, 0.4) is 0 Å². The molecule has 0 radical (unpaired) electrons. The Morgan fingerprint density at radius 1 is 1.33 bits per heavy atom. The summed E-state index contributed by atoms with van der Waals surface area (Å²) >= 11 is 0. The Labute approximate surface area is 111 Å². The van der Waals surface area contributed by atoms with Crippen molar-refractivity contribution in [3.8, 4) is 0 Å². The normalized spacial score (nSPS) is 15.1. The second-order valence-corrected chi connectivity index (χ2v) is 5.80. The van der Waals surface area contributed by atoms with E-state index in [1.165, 1.54) is 36.5 Å². The maximum atomic E-state index is 4.87. The molecule has 0 bridgehead atoms. The van der Waals surface area contributed by atoms with E-state index < -0.39 is 0 Å². The predicted octanol–water partition coefficient (Wildman–Crippen LogP) is 2.92. The van der Waals surface area contributed by atoms with Crippen LogP contribution >= 0.6 is 0 Å². The lowest BCUT2D eigenvalue weighted by atomic mass is 10.1. The first-order valence-electron chi connectivity index (χ1n) is 7.50. The van der Waals surface area contributed by atoms with Gasteiger partial charge in [0.25, 0.3) is 0 Å². The lowest BCUT2D eigenvalue weighted by molar-refractivity contribution is 0.522. The molecule has 3 nitrogen and oxygen atoms in total. The number of aromatic nitrogens is 2. The number of nitrogens with one attached hydrogen (secondary N) is 1. The van der Waals surface area contributed by atoms with Crippen molar-refractivity contribution < 1.29 is 0 Å². The second kappa shape index (κ2) is 6.37. The first-order chi connectivity index (χ1) is 8.72. The fourth-order valence-electron chi connectivity index (χ4n) is 2.73. The molecular weight excluding hydrogens is 222 g/mol.